The van der Waals surface area contributed by atoms with Crippen molar-refractivity contribution in [2.45, 2.75) is 89.5 Å². The molecule has 0 aromatic heterocycles. The molecule has 2 nitrogen and oxygen atoms in total. The van der Waals surface area contributed by atoms with Crippen molar-refractivity contribution in [1.29, 1.82) is 0 Å². The van der Waals surface area contributed by atoms with Crippen molar-refractivity contribution in [3.05, 3.63) is 0 Å². The van der Waals surface area contributed by atoms with Gasteiger partial charge in [0, 0.05) is 24.6 Å². The van der Waals surface area contributed by atoms with Crippen LogP contribution in [0.25, 0.3) is 0 Å². The van der Waals surface area contributed by atoms with Crippen molar-refractivity contribution in [2.24, 2.45) is 10.8 Å². The highest BCUT2D eigenvalue weighted by atomic mass is 16.3. The zero-order valence-electron chi connectivity index (χ0n) is 13.1. The maximum Gasteiger partial charge on any atom is 0.0499 e. The van der Waals surface area contributed by atoms with E-state index in [1.54, 1.807) is 0 Å². The second kappa shape index (κ2) is 6.36. The van der Waals surface area contributed by atoms with Gasteiger partial charge in [-0.25, -0.2) is 0 Å². The van der Waals surface area contributed by atoms with Crippen LogP contribution in [0, 0.1) is 10.8 Å². The lowest BCUT2D eigenvalue weighted by Crippen LogP contribution is -2.45. The van der Waals surface area contributed by atoms with Gasteiger partial charge in [-0.1, -0.05) is 32.1 Å². The molecule has 3 saturated carbocycles. The Morgan fingerprint density at radius 3 is 2.00 bits per heavy atom. The Balaban J connectivity index is 1.45. The van der Waals surface area contributed by atoms with Crippen LogP contribution in [0.2, 0.25) is 0 Å². The second-order valence-electron chi connectivity index (χ2n) is 8.08. The molecule has 3 aliphatic rings. The molecule has 0 heterocycles. The average molecular weight is 279 g/mol. The monoisotopic (exact) mass is 279 g/mol. The third kappa shape index (κ3) is 3.22. The fourth-order valence-electron chi connectivity index (χ4n) is 5.11. The van der Waals surface area contributed by atoms with Gasteiger partial charge < -0.3 is 10.4 Å². The van der Waals surface area contributed by atoms with Crippen molar-refractivity contribution < 1.29 is 5.11 Å². The maximum atomic E-state index is 9.80. The van der Waals surface area contributed by atoms with Crippen molar-refractivity contribution in [3.8, 4) is 0 Å². The molecule has 0 aliphatic heterocycles. The summed E-state index contributed by atoms with van der Waals surface area (Å²) >= 11 is 0. The first-order chi connectivity index (χ1) is 9.76. The van der Waals surface area contributed by atoms with E-state index in [9.17, 15) is 5.11 Å². The minimum absolute atomic E-state index is 0.209. The summed E-state index contributed by atoms with van der Waals surface area (Å²) in [6.07, 6.45) is 18.1. The lowest BCUT2D eigenvalue weighted by atomic mass is 9.70. The van der Waals surface area contributed by atoms with Crippen LogP contribution in [0.4, 0.5) is 0 Å². The molecule has 0 bridgehead atoms. The van der Waals surface area contributed by atoms with Crippen LogP contribution < -0.4 is 5.32 Å². The van der Waals surface area contributed by atoms with Crippen molar-refractivity contribution in [2.75, 3.05) is 13.2 Å². The molecule has 2 N–H and O–H groups in total. The molecule has 0 aromatic rings. The summed E-state index contributed by atoms with van der Waals surface area (Å²) in [5, 5.41) is 13.6. The summed E-state index contributed by atoms with van der Waals surface area (Å²) in [5.41, 5.74) is 0.957. The number of hydrogen-bond donors (Lipinski definition) is 2. The van der Waals surface area contributed by atoms with Crippen LogP contribution in [-0.4, -0.2) is 24.3 Å². The van der Waals surface area contributed by atoms with Crippen LogP contribution in [0.1, 0.15) is 83.5 Å². The average Bonchev–Trinajstić information content (AvgIpc) is 2.96. The smallest absolute Gasteiger partial charge is 0.0499 e. The van der Waals surface area contributed by atoms with Gasteiger partial charge in [0.25, 0.3) is 0 Å². The van der Waals surface area contributed by atoms with Crippen molar-refractivity contribution >= 4 is 0 Å². The minimum Gasteiger partial charge on any atom is -0.396 e. The molecule has 20 heavy (non-hydrogen) atoms. The van der Waals surface area contributed by atoms with E-state index in [4.69, 9.17) is 0 Å². The zero-order chi connectivity index (χ0) is 13.9. The maximum absolute atomic E-state index is 9.80. The summed E-state index contributed by atoms with van der Waals surface area (Å²) in [4.78, 5) is 0. The van der Waals surface area contributed by atoms with E-state index in [-0.39, 0.29) is 5.41 Å². The molecule has 0 atom stereocenters. The number of nitrogens with one attached hydrogen (secondary N) is 1. The lowest BCUT2D eigenvalue weighted by Gasteiger charge is -2.41. The first-order valence-electron chi connectivity index (χ1n) is 9.10. The van der Waals surface area contributed by atoms with E-state index in [2.05, 4.69) is 5.32 Å². The van der Waals surface area contributed by atoms with Gasteiger partial charge in [0.2, 0.25) is 0 Å². The van der Waals surface area contributed by atoms with Crippen molar-refractivity contribution in [3.63, 3.8) is 0 Å². The van der Waals surface area contributed by atoms with E-state index < -0.39 is 0 Å². The molecule has 0 amide bonds. The molecule has 0 aromatic carbocycles. The van der Waals surface area contributed by atoms with Gasteiger partial charge in [-0.05, 0) is 56.8 Å². The molecule has 116 valence electrons. The first-order valence-corrected chi connectivity index (χ1v) is 9.10. The highest BCUT2D eigenvalue weighted by molar-refractivity contribution is 4.92. The number of rotatable bonds is 4. The highest BCUT2D eigenvalue weighted by Gasteiger charge is 2.38. The van der Waals surface area contributed by atoms with Gasteiger partial charge in [-0.2, -0.15) is 0 Å². The van der Waals surface area contributed by atoms with E-state index in [1.807, 2.05) is 0 Å². The summed E-state index contributed by atoms with van der Waals surface area (Å²) in [6.45, 7) is 1.44. The Morgan fingerprint density at radius 1 is 0.800 bits per heavy atom. The van der Waals surface area contributed by atoms with E-state index >= 15 is 0 Å². The first kappa shape index (κ1) is 14.8. The van der Waals surface area contributed by atoms with Crippen LogP contribution in [0.3, 0.4) is 0 Å². The molecule has 0 radical (unpaired) electrons. The van der Waals surface area contributed by atoms with Crippen molar-refractivity contribution in [1.82, 2.24) is 5.32 Å². The molecule has 1 spiro atoms. The Kier molecular flexibility index (Phi) is 4.72. The largest absolute Gasteiger partial charge is 0.396 e. The number of hydrogen-bond acceptors (Lipinski definition) is 2. The van der Waals surface area contributed by atoms with Gasteiger partial charge in [-0.3, -0.25) is 0 Å². The number of aliphatic hydroxyl groups is 1. The van der Waals surface area contributed by atoms with E-state index in [1.165, 1.54) is 83.5 Å². The predicted octanol–water partition coefficient (Wildman–Crippen LogP) is 4.02. The highest BCUT2D eigenvalue weighted by Crippen LogP contribution is 2.49. The summed E-state index contributed by atoms with van der Waals surface area (Å²) in [7, 11) is 0. The molecule has 3 aliphatic carbocycles. The summed E-state index contributed by atoms with van der Waals surface area (Å²) < 4.78 is 0. The Hall–Kier alpha value is -0.0800. The Bertz CT molecular complexity index is 293. The van der Waals surface area contributed by atoms with Crippen LogP contribution in [-0.2, 0) is 0 Å². The van der Waals surface area contributed by atoms with Gasteiger partial charge in [-0.15, -0.1) is 0 Å². The van der Waals surface area contributed by atoms with E-state index in [0.717, 1.165) is 18.0 Å². The van der Waals surface area contributed by atoms with Crippen LogP contribution in [0.5, 0.6) is 0 Å². The van der Waals surface area contributed by atoms with E-state index in [0.29, 0.717) is 6.61 Å². The predicted molar refractivity (Wildman–Crippen MR) is 83.8 cm³/mol. The van der Waals surface area contributed by atoms with Gasteiger partial charge in [0.15, 0.2) is 0 Å². The number of aliphatic hydroxyl groups excluding tert-OH is 1. The second-order valence-corrected chi connectivity index (χ2v) is 8.08. The molecule has 3 fully saturated rings. The molecule has 3 rings (SSSR count). The fraction of sp³-hybridized carbons (Fsp3) is 1.00. The SMILES string of the molecule is OCC1(CNC2CCC3(CCCC3)CC2)CCCCC1. The standard InChI is InChI=1S/C18H33NO/c20-15-18(10-2-1-3-11-18)14-19-16-6-12-17(13-7-16)8-4-5-9-17/h16,19-20H,1-15H2. The van der Waals surface area contributed by atoms with Gasteiger partial charge >= 0.3 is 0 Å². The molecular formula is C18H33NO. The van der Waals surface area contributed by atoms with Crippen LogP contribution >= 0.6 is 0 Å². The fourth-order valence-corrected chi connectivity index (χ4v) is 5.11. The minimum atomic E-state index is 0.209. The topological polar surface area (TPSA) is 32.3 Å². The molecule has 0 unspecified atom stereocenters. The lowest BCUT2D eigenvalue weighted by molar-refractivity contribution is 0.0722. The molecular weight excluding hydrogens is 246 g/mol. The molecule has 2 heteroatoms. The molecule has 0 saturated heterocycles. The zero-order valence-corrected chi connectivity index (χ0v) is 13.1. The summed E-state index contributed by atoms with van der Waals surface area (Å²) in [6, 6.07) is 0.728. The van der Waals surface area contributed by atoms with Crippen LogP contribution in [0.15, 0.2) is 0 Å². The van der Waals surface area contributed by atoms with Gasteiger partial charge in [0.05, 0.1) is 0 Å². The quantitative estimate of drug-likeness (QED) is 0.814. The third-order valence-electron chi connectivity index (χ3n) is 6.73. The Labute approximate surface area is 124 Å². The third-order valence-corrected chi connectivity index (χ3v) is 6.73. The summed E-state index contributed by atoms with van der Waals surface area (Å²) in [5.74, 6) is 0. The normalized spacial score (nSPS) is 29.9. The van der Waals surface area contributed by atoms with Gasteiger partial charge in [0.1, 0.15) is 0 Å². The Morgan fingerprint density at radius 2 is 1.40 bits per heavy atom.